The van der Waals surface area contributed by atoms with Gasteiger partial charge in [-0.1, -0.05) is 6.07 Å². The van der Waals surface area contributed by atoms with Crippen molar-refractivity contribution in [3.05, 3.63) is 35.4 Å². The normalized spacial score (nSPS) is 13.9. The second kappa shape index (κ2) is 4.89. The average Bonchev–Trinajstić information content (AvgIpc) is 2.21. The van der Waals surface area contributed by atoms with Crippen molar-refractivity contribution >= 4 is 0 Å². The number of hydrogen-bond donors (Lipinski definition) is 1. The van der Waals surface area contributed by atoms with Gasteiger partial charge in [0.25, 0.3) is 0 Å². The SMILES string of the molecule is CCOC(C)(C)C(N)c1ccc(F)c(F)c1. The Morgan fingerprint density at radius 3 is 2.44 bits per heavy atom. The highest BCUT2D eigenvalue weighted by Crippen LogP contribution is 2.27. The minimum absolute atomic E-state index is 0.498. The van der Waals surface area contributed by atoms with Crippen LogP contribution < -0.4 is 5.73 Å². The molecular formula is C12H17F2NO. The van der Waals surface area contributed by atoms with Crippen molar-refractivity contribution in [2.45, 2.75) is 32.4 Å². The van der Waals surface area contributed by atoms with Gasteiger partial charge in [-0.3, -0.25) is 0 Å². The minimum Gasteiger partial charge on any atom is -0.374 e. The van der Waals surface area contributed by atoms with Gasteiger partial charge >= 0.3 is 0 Å². The number of rotatable bonds is 4. The zero-order chi connectivity index (χ0) is 12.3. The van der Waals surface area contributed by atoms with Crippen LogP contribution in [0.15, 0.2) is 18.2 Å². The maximum Gasteiger partial charge on any atom is 0.159 e. The van der Waals surface area contributed by atoms with E-state index >= 15 is 0 Å². The monoisotopic (exact) mass is 229 g/mol. The fourth-order valence-electron chi connectivity index (χ4n) is 1.57. The third-order valence-corrected chi connectivity index (χ3v) is 2.57. The highest BCUT2D eigenvalue weighted by Gasteiger charge is 2.28. The summed E-state index contributed by atoms with van der Waals surface area (Å²) in [4.78, 5) is 0. The second-order valence-electron chi connectivity index (χ2n) is 4.19. The molecular weight excluding hydrogens is 212 g/mol. The Kier molecular flexibility index (Phi) is 3.99. The van der Waals surface area contributed by atoms with Crippen LogP contribution in [0.4, 0.5) is 8.78 Å². The van der Waals surface area contributed by atoms with E-state index in [-0.39, 0.29) is 0 Å². The first kappa shape index (κ1) is 13.1. The molecule has 1 rings (SSSR count). The van der Waals surface area contributed by atoms with Crippen molar-refractivity contribution in [3.8, 4) is 0 Å². The molecule has 2 nitrogen and oxygen atoms in total. The Labute approximate surface area is 94.4 Å². The summed E-state index contributed by atoms with van der Waals surface area (Å²) in [5.74, 6) is -1.76. The third kappa shape index (κ3) is 2.77. The Bertz CT molecular complexity index is 366. The van der Waals surface area contributed by atoms with E-state index in [0.29, 0.717) is 12.2 Å². The minimum atomic E-state index is -0.889. The van der Waals surface area contributed by atoms with Gasteiger partial charge in [-0.15, -0.1) is 0 Å². The molecule has 0 amide bonds. The Balaban J connectivity index is 2.95. The molecule has 1 atom stereocenters. The molecule has 90 valence electrons. The quantitative estimate of drug-likeness (QED) is 0.861. The van der Waals surface area contributed by atoms with Crippen LogP contribution in [0, 0.1) is 11.6 Å². The summed E-state index contributed by atoms with van der Waals surface area (Å²) in [5.41, 5.74) is 5.88. The predicted molar refractivity (Wildman–Crippen MR) is 59.0 cm³/mol. The molecule has 0 saturated carbocycles. The molecule has 4 heteroatoms. The molecule has 0 aliphatic rings. The zero-order valence-electron chi connectivity index (χ0n) is 9.76. The van der Waals surface area contributed by atoms with Crippen molar-refractivity contribution in [3.63, 3.8) is 0 Å². The van der Waals surface area contributed by atoms with Crippen LogP contribution in [0.1, 0.15) is 32.4 Å². The molecule has 0 spiro atoms. The molecule has 0 fully saturated rings. The third-order valence-electron chi connectivity index (χ3n) is 2.57. The van der Waals surface area contributed by atoms with E-state index < -0.39 is 23.3 Å². The van der Waals surface area contributed by atoms with E-state index in [1.54, 1.807) is 0 Å². The number of hydrogen-bond acceptors (Lipinski definition) is 2. The van der Waals surface area contributed by atoms with Crippen molar-refractivity contribution in [1.82, 2.24) is 0 Å². The van der Waals surface area contributed by atoms with E-state index in [0.717, 1.165) is 12.1 Å². The molecule has 2 N–H and O–H groups in total. The molecule has 0 aromatic heterocycles. The molecule has 16 heavy (non-hydrogen) atoms. The lowest BCUT2D eigenvalue weighted by molar-refractivity contribution is -0.0298. The lowest BCUT2D eigenvalue weighted by Crippen LogP contribution is -2.38. The van der Waals surface area contributed by atoms with Gasteiger partial charge in [-0.2, -0.15) is 0 Å². The van der Waals surface area contributed by atoms with E-state index in [1.807, 2.05) is 20.8 Å². The summed E-state index contributed by atoms with van der Waals surface area (Å²) in [5, 5.41) is 0. The Morgan fingerprint density at radius 2 is 1.94 bits per heavy atom. The smallest absolute Gasteiger partial charge is 0.159 e. The van der Waals surface area contributed by atoms with Crippen LogP contribution in [0.3, 0.4) is 0 Å². The van der Waals surface area contributed by atoms with Crippen LogP contribution in [0.2, 0.25) is 0 Å². The number of benzene rings is 1. The maximum atomic E-state index is 13.0. The van der Waals surface area contributed by atoms with Crippen molar-refractivity contribution < 1.29 is 13.5 Å². The molecule has 0 heterocycles. The maximum absolute atomic E-state index is 13.0. The van der Waals surface area contributed by atoms with Crippen LogP contribution in [-0.4, -0.2) is 12.2 Å². The standard InChI is InChI=1S/C12H17F2NO/c1-4-16-12(2,3)11(15)8-5-6-9(13)10(14)7-8/h5-7,11H,4,15H2,1-3H3. The van der Waals surface area contributed by atoms with Crippen molar-refractivity contribution in [1.29, 1.82) is 0 Å². The number of nitrogens with two attached hydrogens (primary N) is 1. The summed E-state index contributed by atoms with van der Waals surface area (Å²) in [7, 11) is 0. The van der Waals surface area contributed by atoms with Crippen LogP contribution >= 0.6 is 0 Å². The summed E-state index contributed by atoms with van der Waals surface area (Å²) in [6.07, 6.45) is 0. The lowest BCUT2D eigenvalue weighted by Gasteiger charge is -2.31. The molecule has 1 aromatic rings. The topological polar surface area (TPSA) is 35.2 Å². The molecule has 0 radical (unpaired) electrons. The van der Waals surface area contributed by atoms with Gasteiger partial charge in [0.15, 0.2) is 11.6 Å². The molecule has 0 saturated heterocycles. The molecule has 0 bridgehead atoms. The van der Waals surface area contributed by atoms with Gasteiger partial charge in [-0.25, -0.2) is 8.78 Å². The fourth-order valence-corrected chi connectivity index (χ4v) is 1.57. The lowest BCUT2D eigenvalue weighted by atomic mass is 9.92. The molecule has 1 unspecified atom stereocenters. The predicted octanol–water partition coefficient (Wildman–Crippen LogP) is 2.78. The molecule has 0 aliphatic carbocycles. The number of ether oxygens (including phenoxy) is 1. The largest absolute Gasteiger partial charge is 0.374 e. The van der Waals surface area contributed by atoms with E-state index in [9.17, 15) is 8.78 Å². The van der Waals surface area contributed by atoms with Gasteiger partial charge in [0, 0.05) is 6.61 Å². The second-order valence-corrected chi connectivity index (χ2v) is 4.19. The van der Waals surface area contributed by atoms with Crippen LogP contribution in [0.25, 0.3) is 0 Å². The van der Waals surface area contributed by atoms with Gasteiger partial charge < -0.3 is 10.5 Å². The summed E-state index contributed by atoms with van der Waals surface area (Å²) < 4.78 is 31.3. The first-order chi connectivity index (χ1) is 7.38. The Hall–Kier alpha value is -1.00. The molecule has 0 aliphatic heterocycles. The van der Waals surface area contributed by atoms with Gasteiger partial charge in [0.05, 0.1) is 11.6 Å². The zero-order valence-corrected chi connectivity index (χ0v) is 9.76. The Morgan fingerprint density at radius 1 is 1.31 bits per heavy atom. The number of halogens is 2. The van der Waals surface area contributed by atoms with E-state index in [4.69, 9.17) is 10.5 Å². The van der Waals surface area contributed by atoms with Crippen LogP contribution in [-0.2, 0) is 4.74 Å². The summed E-state index contributed by atoms with van der Waals surface area (Å²) in [6.45, 7) is 6.02. The average molecular weight is 229 g/mol. The summed E-state index contributed by atoms with van der Waals surface area (Å²) >= 11 is 0. The first-order valence-corrected chi connectivity index (χ1v) is 5.23. The fraction of sp³-hybridized carbons (Fsp3) is 0.500. The van der Waals surface area contributed by atoms with Crippen LogP contribution in [0.5, 0.6) is 0 Å². The van der Waals surface area contributed by atoms with E-state index in [2.05, 4.69) is 0 Å². The summed E-state index contributed by atoms with van der Waals surface area (Å²) in [6, 6.07) is 3.17. The molecule has 1 aromatic carbocycles. The highest BCUT2D eigenvalue weighted by molar-refractivity contribution is 5.23. The van der Waals surface area contributed by atoms with E-state index in [1.165, 1.54) is 6.07 Å². The highest BCUT2D eigenvalue weighted by atomic mass is 19.2. The van der Waals surface area contributed by atoms with Crippen molar-refractivity contribution in [2.75, 3.05) is 6.61 Å². The first-order valence-electron chi connectivity index (χ1n) is 5.23. The van der Waals surface area contributed by atoms with Gasteiger partial charge in [0.1, 0.15) is 0 Å². The van der Waals surface area contributed by atoms with Gasteiger partial charge in [0.2, 0.25) is 0 Å². The van der Waals surface area contributed by atoms with Gasteiger partial charge in [-0.05, 0) is 38.5 Å². The van der Waals surface area contributed by atoms with Crippen molar-refractivity contribution in [2.24, 2.45) is 5.73 Å².